The van der Waals surface area contributed by atoms with Crippen molar-refractivity contribution < 1.29 is 38.3 Å². The summed E-state index contributed by atoms with van der Waals surface area (Å²) in [6, 6.07) is 19.2. The van der Waals surface area contributed by atoms with Crippen LogP contribution in [-0.2, 0) is 30.3 Å². The summed E-state index contributed by atoms with van der Waals surface area (Å²) in [5.74, 6) is 0.0315. The Morgan fingerprint density at radius 1 is 1.02 bits per heavy atom. The van der Waals surface area contributed by atoms with E-state index in [2.05, 4.69) is 6.07 Å². The van der Waals surface area contributed by atoms with Crippen molar-refractivity contribution in [2.24, 2.45) is 0 Å². The average molecular weight is 594 g/mol. The molecule has 2 heterocycles. The zero-order valence-electron chi connectivity index (χ0n) is 25.9. The number of benzene rings is 3. The number of aromatic hydroxyl groups is 1. The van der Waals surface area contributed by atoms with E-state index < -0.39 is 29.7 Å². The molecule has 1 N–H and O–H groups in total. The lowest BCUT2D eigenvalue weighted by Crippen LogP contribution is -2.55. The molecule has 4 atom stereocenters. The van der Waals surface area contributed by atoms with Gasteiger partial charge in [0.2, 0.25) is 0 Å². The maximum Gasteiger partial charge on any atom is 0.410 e. The summed E-state index contributed by atoms with van der Waals surface area (Å²) in [7, 11) is 1.66. The zero-order chi connectivity index (χ0) is 30.8. The Bertz CT molecular complexity index is 1400. The van der Waals surface area contributed by atoms with Crippen LogP contribution in [0.5, 0.6) is 11.5 Å². The van der Waals surface area contributed by atoms with Crippen LogP contribution in [0.15, 0.2) is 60.7 Å². The van der Waals surface area contributed by atoms with Crippen molar-refractivity contribution in [2.75, 3.05) is 33.4 Å². The van der Waals surface area contributed by atoms with Crippen molar-refractivity contribution in [3.05, 3.63) is 71.8 Å². The normalized spacial score (nSPS) is 23.8. The molecular weight excluding hydrogens is 550 g/mol. The molecule has 3 aromatic carbocycles. The first-order valence-corrected chi connectivity index (χ1v) is 14.8. The van der Waals surface area contributed by atoms with Crippen molar-refractivity contribution in [1.82, 2.24) is 4.90 Å². The van der Waals surface area contributed by atoms with Gasteiger partial charge in [0.25, 0.3) is 0 Å². The SMILES string of the molecule is COc1cc(COC2CN(C(=O)OC(C)(C)C)C[C@@H](OC[C@H]3COC(C)(C)O3)[C@@H]2c2ccc(O)cc2)cc2ccccc12. The predicted octanol–water partition coefficient (Wildman–Crippen LogP) is 6.01. The topological polar surface area (TPSA) is 95.9 Å². The standard InChI is InChI=1S/C34H43NO8/c1-33(2,3)43-32(37)35-17-29(39-19-22-15-24-9-7-8-10-27(24)28(16-22)38-6)31(23-11-13-25(36)14-12-23)30(18-35)40-20-26-21-41-34(4,5)42-26/h7-16,26,29-31,36H,17-21H2,1-6H3/t26-,29?,30+,31+/m0/s1. The second-order valence-corrected chi connectivity index (χ2v) is 12.7. The molecule has 2 aliphatic heterocycles. The molecule has 1 unspecified atom stereocenters. The third-order valence-electron chi connectivity index (χ3n) is 7.66. The number of carbonyl (C=O) groups is 1. The van der Waals surface area contributed by atoms with Crippen molar-refractivity contribution in [2.45, 2.75) is 76.8 Å². The molecule has 3 aromatic rings. The van der Waals surface area contributed by atoms with Crippen LogP contribution in [0.25, 0.3) is 10.8 Å². The lowest BCUT2D eigenvalue weighted by molar-refractivity contribution is -0.154. The van der Waals surface area contributed by atoms with Crippen LogP contribution < -0.4 is 4.74 Å². The van der Waals surface area contributed by atoms with Crippen LogP contribution >= 0.6 is 0 Å². The molecule has 0 aromatic heterocycles. The fourth-order valence-electron chi connectivity index (χ4n) is 5.76. The number of carbonyl (C=O) groups excluding carboxylic acids is 1. The van der Waals surface area contributed by atoms with Crippen molar-refractivity contribution in [3.63, 3.8) is 0 Å². The van der Waals surface area contributed by atoms with Crippen LogP contribution in [0.2, 0.25) is 0 Å². The molecule has 1 amide bonds. The Hall–Kier alpha value is -3.37. The van der Waals surface area contributed by atoms with E-state index in [-0.39, 0.29) is 17.8 Å². The molecule has 9 nitrogen and oxygen atoms in total. The van der Waals surface area contributed by atoms with E-state index in [1.807, 2.05) is 77.1 Å². The minimum atomic E-state index is -0.675. The van der Waals surface area contributed by atoms with Gasteiger partial charge in [-0.2, -0.15) is 0 Å². The highest BCUT2D eigenvalue weighted by molar-refractivity contribution is 5.89. The summed E-state index contributed by atoms with van der Waals surface area (Å²) >= 11 is 0. The number of phenols is 1. The maximum absolute atomic E-state index is 13.3. The second-order valence-electron chi connectivity index (χ2n) is 12.7. The second kappa shape index (κ2) is 12.7. The predicted molar refractivity (Wildman–Crippen MR) is 162 cm³/mol. The highest BCUT2D eigenvalue weighted by atomic mass is 16.7. The quantitative estimate of drug-likeness (QED) is 0.339. The maximum atomic E-state index is 13.3. The summed E-state index contributed by atoms with van der Waals surface area (Å²) in [5, 5.41) is 12.1. The van der Waals surface area contributed by atoms with Crippen LogP contribution in [0.1, 0.15) is 51.7 Å². The first-order valence-electron chi connectivity index (χ1n) is 14.8. The molecule has 5 rings (SSSR count). The van der Waals surface area contributed by atoms with E-state index in [1.165, 1.54) is 0 Å². The van der Waals surface area contributed by atoms with E-state index >= 15 is 0 Å². The lowest BCUT2D eigenvalue weighted by Gasteiger charge is -2.44. The summed E-state index contributed by atoms with van der Waals surface area (Å²) in [5.41, 5.74) is 1.24. The number of ether oxygens (including phenoxy) is 6. The van der Waals surface area contributed by atoms with Crippen LogP contribution in [0.4, 0.5) is 4.79 Å². The van der Waals surface area contributed by atoms with Gasteiger partial charge in [-0.05, 0) is 75.4 Å². The van der Waals surface area contributed by atoms with E-state index in [4.69, 9.17) is 28.4 Å². The molecule has 0 bridgehead atoms. The lowest BCUT2D eigenvalue weighted by atomic mass is 9.84. The fourth-order valence-corrected chi connectivity index (χ4v) is 5.76. The van der Waals surface area contributed by atoms with E-state index in [0.29, 0.717) is 32.9 Å². The number of rotatable bonds is 8. The van der Waals surface area contributed by atoms with Gasteiger partial charge in [-0.3, -0.25) is 0 Å². The Labute approximate surface area is 253 Å². The number of hydrogen-bond donors (Lipinski definition) is 1. The van der Waals surface area contributed by atoms with Gasteiger partial charge in [0.15, 0.2) is 5.79 Å². The summed E-state index contributed by atoms with van der Waals surface area (Å²) in [4.78, 5) is 15.0. The van der Waals surface area contributed by atoms with Crippen molar-refractivity contribution in [1.29, 1.82) is 0 Å². The molecule has 0 saturated carbocycles. The monoisotopic (exact) mass is 593 g/mol. The Morgan fingerprint density at radius 3 is 2.37 bits per heavy atom. The summed E-state index contributed by atoms with van der Waals surface area (Å²) < 4.78 is 36.4. The molecule has 9 heteroatoms. The molecule has 0 spiro atoms. The molecule has 43 heavy (non-hydrogen) atoms. The zero-order valence-corrected chi connectivity index (χ0v) is 25.9. The van der Waals surface area contributed by atoms with Crippen LogP contribution in [0.3, 0.4) is 0 Å². The van der Waals surface area contributed by atoms with Gasteiger partial charge in [-0.25, -0.2) is 4.79 Å². The van der Waals surface area contributed by atoms with Crippen molar-refractivity contribution >= 4 is 16.9 Å². The van der Waals surface area contributed by atoms with Crippen LogP contribution in [0, 0.1) is 0 Å². The summed E-state index contributed by atoms with van der Waals surface area (Å²) in [6.45, 7) is 10.9. The summed E-state index contributed by atoms with van der Waals surface area (Å²) in [6.07, 6.45) is -1.54. The minimum absolute atomic E-state index is 0.173. The van der Waals surface area contributed by atoms with Gasteiger partial charge in [-0.15, -0.1) is 0 Å². The van der Waals surface area contributed by atoms with Gasteiger partial charge >= 0.3 is 6.09 Å². The Kier molecular flexibility index (Phi) is 9.18. The first kappa shape index (κ1) is 31.1. The molecule has 0 aliphatic carbocycles. The molecule has 0 radical (unpaired) electrons. The van der Waals surface area contributed by atoms with Gasteiger partial charge < -0.3 is 38.4 Å². The number of hydrogen-bond acceptors (Lipinski definition) is 8. The number of fused-ring (bicyclic) bond motifs is 1. The third-order valence-corrected chi connectivity index (χ3v) is 7.66. The van der Waals surface area contributed by atoms with E-state index in [9.17, 15) is 9.90 Å². The van der Waals surface area contributed by atoms with E-state index in [0.717, 1.165) is 27.6 Å². The molecular formula is C34H43NO8. The number of piperidine rings is 1. The number of amides is 1. The average Bonchev–Trinajstić information content (AvgIpc) is 3.32. The van der Waals surface area contributed by atoms with Gasteiger partial charge in [0, 0.05) is 11.3 Å². The molecule has 232 valence electrons. The molecule has 2 aliphatic rings. The fraction of sp³-hybridized carbons (Fsp3) is 0.500. The van der Waals surface area contributed by atoms with Crippen LogP contribution in [-0.4, -0.2) is 79.2 Å². The minimum Gasteiger partial charge on any atom is -0.508 e. The Balaban J connectivity index is 1.44. The van der Waals surface area contributed by atoms with Crippen molar-refractivity contribution in [3.8, 4) is 11.5 Å². The van der Waals surface area contributed by atoms with E-state index in [1.54, 1.807) is 24.1 Å². The third kappa shape index (κ3) is 7.78. The smallest absolute Gasteiger partial charge is 0.410 e. The Morgan fingerprint density at radius 2 is 1.72 bits per heavy atom. The number of phenolic OH excluding ortho intramolecular Hbond substituents is 1. The van der Waals surface area contributed by atoms with Gasteiger partial charge in [-0.1, -0.05) is 36.4 Å². The number of likely N-dealkylation sites (tertiary alicyclic amines) is 1. The highest BCUT2D eigenvalue weighted by Gasteiger charge is 2.43. The molecule has 2 saturated heterocycles. The largest absolute Gasteiger partial charge is 0.508 e. The van der Waals surface area contributed by atoms with Gasteiger partial charge in [0.1, 0.15) is 23.2 Å². The molecule has 2 fully saturated rings. The number of nitrogens with zero attached hydrogens (tertiary/aromatic N) is 1. The van der Waals surface area contributed by atoms with Gasteiger partial charge in [0.05, 0.1) is 52.2 Å². The number of methoxy groups -OCH3 is 1. The highest BCUT2D eigenvalue weighted by Crippen LogP contribution is 2.36. The first-order chi connectivity index (χ1) is 20.4.